The third-order valence-corrected chi connectivity index (χ3v) is 5.65. The van der Waals surface area contributed by atoms with Crippen molar-refractivity contribution in [2.75, 3.05) is 19.6 Å². The summed E-state index contributed by atoms with van der Waals surface area (Å²) in [7, 11) is 0. The summed E-state index contributed by atoms with van der Waals surface area (Å²) in [6.45, 7) is 3.90. The second kappa shape index (κ2) is 6.94. The van der Waals surface area contributed by atoms with Crippen LogP contribution in [0.2, 0.25) is 0 Å². The molecule has 6 nitrogen and oxygen atoms in total. The maximum absolute atomic E-state index is 13.1. The summed E-state index contributed by atoms with van der Waals surface area (Å²) in [4.78, 5) is 28.7. The molecule has 1 aromatic carbocycles. The van der Waals surface area contributed by atoms with Crippen LogP contribution in [0, 0.1) is 5.92 Å². The number of aromatic nitrogens is 2. The number of likely N-dealkylation sites (tertiary alicyclic amines) is 2. The van der Waals surface area contributed by atoms with Gasteiger partial charge < -0.3 is 9.80 Å². The first kappa shape index (κ1) is 16.8. The number of nitrogens with one attached hydrogen (secondary N) is 1. The van der Waals surface area contributed by atoms with Gasteiger partial charge in [0.25, 0.3) is 5.91 Å². The highest BCUT2D eigenvalue weighted by molar-refractivity contribution is 5.93. The van der Waals surface area contributed by atoms with E-state index in [0.717, 1.165) is 50.2 Å². The molecule has 0 saturated carbocycles. The molecule has 136 valence electrons. The van der Waals surface area contributed by atoms with Crippen LogP contribution in [-0.2, 0) is 4.79 Å². The molecule has 3 heterocycles. The lowest BCUT2D eigenvalue weighted by Gasteiger charge is -2.46. The first-order valence-corrected chi connectivity index (χ1v) is 9.31. The van der Waals surface area contributed by atoms with E-state index in [2.05, 4.69) is 10.2 Å². The van der Waals surface area contributed by atoms with Crippen LogP contribution in [0.1, 0.15) is 36.7 Å². The van der Waals surface area contributed by atoms with E-state index >= 15 is 0 Å². The molecule has 6 heteroatoms. The molecule has 0 spiro atoms. The van der Waals surface area contributed by atoms with Crippen LogP contribution in [0.4, 0.5) is 0 Å². The number of carbonyl (C=O) groups is 2. The van der Waals surface area contributed by atoms with Crippen LogP contribution in [-0.4, -0.2) is 57.5 Å². The minimum atomic E-state index is 0.0191. The first-order chi connectivity index (χ1) is 12.6. The molecule has 1 aromatic heterocycles. The summed E-state index contributed by atoms with van der Waals surface area (Å²) in [6, 6.07) is 11.9. The number of H-pyrrole nitrogens is 1. The van der Waals surface area contributed by atoms with Crippen molar-refractivity contribution < 1.29 is 9.59 Å². The zero-order chi connectivity index (χ0) is 18.1. The minimum Gasteiger partial charge on any atom is -0.343 e. The number of hydrogen-bond donors (Lipinski definition) is 1. The van der Waals surface area contributed by atoms with Crippen LogP contribution in [0.5, 0.6) is 0 Å². The zero-order valence-corrected chi connectivity index (χ0v) is 15.0. The van der Waals surface area contributed by atoms with Gasteiger partial charge in [-0.1, -0.05) is 30.3 Å². The molecule has 1 N–H and O–H groups in total. The maximum atomic E-state index is 13.1. The standard InChI is InChI=1S/C20H24N4O2/c1-14(25)23-11-9-19-16(13-23)8-5-10-24(19)20(26)18-12-17(21-22-18)15-6-3-2-4-7-15/h2-4,6-7,12,16,19H,5,8-11,13H2,1H3,(H,21,22)/t16-,19+/m1/s1. The SMILES string of the molecule is CC(=O)N1CC[C@H]2[C@H](CCCN2C(=O)c2cc(-c3ccccc3)n[nH]2)C1. The molecular weight excluding hydrogens is 328 g/mol. The average Bonchev–Trinajstić information content (AvgIpc) is 3.17. The Kier molecular flexibility index (Phi) is 4.49. The lowest BCUT2D eigenvalue weighted by atomic mass is 9.83. The van der Waals surface area contributed by atoms with Crippen molar-refractivity contribution >= 4 is 11.8 Å². The first-order valence-electron chi connectivity index (χ1n) is 9.31. The van der Waals surface area contributed by atoms with Gasteiger partial charge in [0.15, 0.2) is 0 Å². The van der Waals surface area contributed by atoms with Gasteiger partial charge in [-0.3, -0.25) is 14.7 Å². The van der Waals surface area contributed by atoms with Gasteiger partial charge in [0, 0.05) is 38.2 Å². The number of rotatable bonds is 2. The van der Waals surface area contributed by atoms with Gasteiger partial charge in [0.2, 0.25) is 5.91 Å². The lowest BCUT2D eigenvalue weighted by molar-refractivity contribution is -0.132. The lowest BCUT2D eigenvalue weighted by Crippen LogP contribution is -2.56. The molecule has 2 aliphatic heterocycles. The fourth-order valence-corrected chi connectivity index (χ4v) is 4.28. The number of fused-ring (bicyclic) bond motifs is 1. The topological polar surface area (TPSA) is 69.3 Å². The Morgan fingerprint density at radius 3 is 2.73 bits per heavy atom. The van der Waals surface area contributed by atoms with Crippen LogP contribution in [0.25, 0.3) is 11.3 Å². The number of aromatic amines is 1. The van der Waals surface area contributed by atoms with E-state index in [9.17, 15) is 9.59 Å². The third-order valence-electron chi connectivity index (χ3n) is 5.65. The zero-order valence-electron chi connectivity index (χ0n) is 15.0. The summed E-state index contributed by atoms with van der Waals surface area (Å²) in [5.41, 5.74) is 2.32. The van der Waals surface area contributed by atoms with Gasteiger partial charge in [-0.15, -0.1) is 0 Å². The van der Waals surface area contributed by atoms with Gasteiger partial charge in [0.1, 0.15) is 5.69 Å². The van der Waals surface area contributed by atoms with E-state index in [4.69, 9.17) is 0 Å². The predicted molar refractivity (Wildman–Crippen MR) is 98.4 cm³/mol. The molecule has 26 heavy (non-hydrogen) atoms. The molecule has 2 aromatic rings. The van der Waals surface area contributed by atoms with Crippen molar-refractivity contribution in [3.63, 3.8) is 0 Å². The monoisotopic (exact) mass is 352 g/mol. The van der Waals surface area contributed by atoms with E-state index in [1.165, 1.54) is 0 Å². The highest BCUT2D eigenvalue weighted by Gasteiger charge is 2.39. The Hall–Kier alpha value is -2.63. The van der Waals surface area contributed by atoms with Crippen LogP contribution in [0.3, 0.4) is 0 Å². The van der Waals surface area contributed by atoms with Crippen LogP contribution in [0.15, 0.2) is 36.4 Å². The molecule has 2 atom stereocenters. The average molecular weight is 352 g/mol. The number of amides is 2. The normalized spacial score (nSPS) is 22.8. The van der Waals surface area contributed by atoms with E-state index < -0.39 is 0 Å². The van der Waals surface area contributed by atoms with Crippen molar-refractivity contribution in [2.45, 2.75) is 32.2 Å². The summed E-state index contributed by atoms with van der Waals surface area (Å²) >= 11 is 0. The second-order valence-corrected chi connectivity index (χ2v) is 7.25. The van der Waals surface area contributed by atoms with E-state index in [0.29, 0.717) is 11.6 Å². The number of carbonyl (C=O) groups excluding carboxylic acids is 2. The Balaban J connectivity index is 1.51. The molecule has 0 bridgehead atoms. The minimum absolute atomic E-state index is 0.0191. The summed E-state index contributed by atoms with van der Waals surface area (Å²) in [5, 5.41) is 7.23. The molecule has 2 fully saturated rings. The second-order valence-electron chi connectivity index (χ2n) is 7.25. The Bertz CT molecular complexity index is 801. The van der Waals surface area contributed by atoms with Crippen molar-refractivity contribution in [3.8, 4) is 11.3 Å². The third kappa shape index (κ3) is 3.11. The van der Waals surface area contributed by atoms with Crippen molar-refractivity contribution in [2.24, 2.45) is 5.92 Å². The van der Waals surface area contributed by atoms with Gasteiger partial charge in [-0.05, 0) is 31.2 Å². The van der Waals surface area contributed by atoms with Gasteiger partial charge in [-0.25, -0.2) is 0 Å². The number of piperidine rings is 2. The quantitative estimate of drug-likeness (QED) is 0.903. The largest absolute Gasteiger partial charge is 0.343 e. The van der Waals surface area contributed by atoms with E-state index in [1.807, 2.05) is 46.2 Å². The molecule has 0 aliphatic carbocycles. The highest BCUT2D eigenvalue weighted by atomic mass is 16.2. The molecular formula is C20H24N4O2. The van der Waals surface area contributed by atoms with Gasteiger partial charge in [-0.2, -0.15) is 5.10 Å². The Morgan fingerprint density at radius 2 is 1.96 bits per heavy atom. The Labute approximate surface area is 153 Å². The predicted octanol–water partition coefficient (Wildman–Crippen LogP) is 2.55. The molecule has 2 amide bonds. The molecule has 4 rings (SSSR count). The van der Waals surface area contributed by atoms with E-state index in [1.54, 1.807) is 6.92 Å². The summed E-state index contributed by atoms with van der Waals surface area (Å²) in [6.07, 6.45) is 2.92. The highest BCUT2D eigenvalue weighted by Crippen LogP contribution is 2.32. The number of hydrogen-bond acceptors (Lipinski definition) is 3. The fourth-order valence-electron chi connectivity index (χ4n) is 4.28. The number of nitrogens with zero attached hydrogens (tertiary/aromatic N) is 3. The van der Waals surface area contributed by atoms with Gasteiger partial charge in [0.05, 0.1) is 5.69 Å². The van der Waals surface area contributed by atoms with Crippen molar-refractivity contribution in [3.05, 3.63) is 42.1 Å². The fraction of sp³-hybridized carbons (Fsp3) is 0.450. The maximum Gasteiger partial charge on any atom is 0.272 e. The molecule has 2 aliphatic rings. The summed E-state index contributed by atoms with van der Waals surface area (Å²) < 4.78 is 0. The van der Waals surface area contributed by atoms with Crippen molar-refractivity contribution in [1.82, 2.24) is 20.0 Å². The van der Waals surface area contributed by atoms with Crippen molar-refractivity contribution in [1.29, 1.82) is 0 Å². The summed E-state index contributed by atoms with van der Waals surface area (Å²) in [5.74, 6) is 0.528. The van der Waals surface area contributed by atoms with Gasteiger partial charge >= 0.3 is 0 Å². The van der Waals surface area contributed by atoms with Crippen LogP contribution < -0.4 is 0 Å². The molecule has 0 radical (unpaired) electrons. The van der Waals surface area contributed by atoms with Crippen LogP contribution >= 0.6 is 0 Å². The van der Waals surface area contributed by atoms with E-state index in [-0.39, 0.29) is 17.9 Å². The smallest absolute Gasteiger partial charge is 0.272 e. The Morgan fingerprint density at radius 1 is 1.15 bits per heavy atom. The molecule has 2 saturated heterocycles. The molecule has 0 unspecified atom stereocenters. The number of benzene rings is 1.